The van der Waals surface area contributed by atoms with Crippen LogP contribution in [-0.4, -0.2) is 14.4 Å². The molecule has 0 unspecified atom stereocenters. The number of hydrogen-bond donors (Lipinski definition) is 0. The number of fused-ring (bicyclic) bond motifs is 10. The van der Waals surface area contributed by atoms with Crippen LogP contribution in [0.3, 0.4) is 0 Å². The van der Waals surface area contributed by atoms with Crippen LogP contribution >= 0.6 is 6.04 Å². The highest BCUT2D eigenvalue weighted by Crippen LogP contribution is 2.42. The number of imidazole rings is 1. The molecule has 0 radical (unpaired) electrons. The van der Waals surface area contributed by atoms with Gasteiger partial charge in [-0.2, -0.15) is 0 Å². The molecular weight excluding hydrogens is 586 g/mol. The topological polar surface area (TPSA) is 30.2 Å². The second-order valence-corrected chi connectivity index (χ2v) is 15.7. The molecule has 0 fully saturated rings. The average Bonchev–Trinajstić information content (AvgIpc) is 3.51. The molecule has 0 aliphatic rings. The van der Waals surface area contributed by atoms with Gasteiger partial charge in [-0.15, -0.1) is 0 Å². The van der Waals surface area contributed by atoms with E-state index in [0.29, 0.717) is 0 Å². The second kappa shape index (κ2) is 10.2. The molecule has 45 heavy (non-hydrogen) atoms. The van der Waals surface area contributed by atoms with Crippen molar-refractivity contribution in [1.82, 2.24) is 14.4 Å². The largest absolute Gasteiger partial charge is 0.291 e. The summed E-state index contributed by atoms with van der Waals surface area (Å²) >= 11 is 6.51. The zero-order valence-corrected chi connectivity index (χ0v) is 25.9. The molecule has 9 aromatic rings. The molecule has 0 bridgehead atoms. The van der Waals surface area contributed by atoms with Crippen molar-refractivity contribution in [3.05, 3.63) is 158 Å². The molecule has 0 atom stereocenters. The minimum atomic E-state index is -2.30. The van der Waals surface area contributed by atoms with Crippen LogP contribution in [0, 0.1) is 0 Å². The second-order valence-electron chi connectivity index (χ2n) is 11.4. The Morgan fingerprint density at radius 2 is 1.18 bits per heavy atom. The highest BCUT2D eigenvalue weighted by Gasteiger charge is 2.26. The SMILES string of the molecule is S=P(c1ccccc1)(c1ccccc1)c1ccc(-c2ccc3c(ccc4c5ccccc5c5nc6ccccc6n5c34)c2)cn1. The van der Waals surface area contributed by atoms with Crippen molar-refractivity contribution in [2.45, 2.75) is 0 Å². The molecule has 0 N–H and O–H groups in total. The fraction of sp³-hybridized carbons (Fsp3) is 0. The van der Waals surface area contributed by atoms with E-state index in [1.165, 1.54) is 27.1 Å². The van der Waals surface area contributed by atoms with Crippen LogP contribution < -0.4 is 16.0 Å². The monoisotopic (exact) mass is 611 g/mol. The maximum Gasteiger partial charge on any atom is 0.146 e. The molecule has 0 aliphatic heterocycles. The molecule has 0 spiro atoms. The third-order valence-electron chi connectivity index (χ3n) is 8.88. The minimum Gasteiger partial charge on any atom is -0.291 e. The van der Waals surface area contributed by atoms with Crippen molar-refractivity contribution in [3.8, 4) is 11.1 Å². The lowest BCUT2D eigenvalue weighted by Crippen LogP contribution is -2.26. The third-order valence-corrected chi connectivity index (χ3v) is 13.7. The number of rotatable bonds is 4. The quantitative estimate of drug-likeness (QED) is 0.147. The Morgan fingerprint density at radius 1 is 0.533 bits per heavy atom. The first kappa shape index (κ1) is 26.3. The molecule has 9 rings (SSSR count). The minimum absolute atomic E-state index is 0.951. The average molecular weight is 612 g/mol. The summed E-state index contributed by atoms with van der Waals surface area (Å²) in [7, 11) is 0. The maximum atomic E-state index is 6.51. The van der Waals surface area contributed by atoms with Gasteiger partial charge in [0, 0.05) is 27.9 Å². The zero-order valence-electron chi connectivity index (χ0n) is 24.2. The van der Waals surface area contributed by atoms with Gasteiger partial charge in [0.25, 0.3) is 0 Å². The van der Waals surface area contributed by atoms with Gasteiger partial charge in [0.1, 0.15) is 5.65 Å². The van der Waals surface area contributed by atoms with E-state index >= 15 is 0 Å². The Bertz CT molecular complexity index is 2570. The molecule has 212 valence electrons. The van der Waals surface area contributed by atoms with E-state index in [2.05, 4.69) is 144 Å². The summed E-state index contributed by atoms with van der Waals surface area (Å²) in [5, 5.41) is 8.27. The molecule has 3 aromatic heterocycles. The van der Waals surface area contributed by atoms with Crippen LogP contribution in [0.1, 0.15) is 0 Å². The molecule has 0 saturated heterocycles. The van der Waals surface area contributed by atoms with E-state index in [-0.39, 0.29) is 0 Å². The highest BCUT2D eigenvalue weighted by atomic mass is 32.4. The van der Waals surface area contributed by atoms with Crippen molar-refractivity contribution < 1.29 is 0 Å². The number of para-hydroxylation sites is 2. The summed E-state index contributed by atoms with van der Waals surface area (Å²) in [5.74, 6) is 0. The Morgan fingerprint density at radius 3 is 1.91 bits per heavy atom. The lowest BCUT2D eigenvalue weighted by atomic mass is 9.98. The molecule has 6 aromatic carbocycles. The summed E-state index contributed by atoms with van der Waals surface area (Å²) in [6.45, 7) is 0. The van der Waals surface area contributed by atoms with Gasteiger partial charge < -0.3 is 0 Å². The van der Waals surface area contributed by atoms with Gasteiger partial charge in [-0.3, -0.25) is 9.38 Å². The first-order valence-corrected chi connectivity index (χ1v) is 17.8. The molecular formula is C40H26N3PS. The first-order chi connectivity index (χ1) is 22.2. The molecule has 0 saturated carbocycles. The van der Waals surface area contributed by atoms with Crippen molar-refractivity contribution in [3.63, 3.8) is 0 Å². The van der Waals surface area contributed by atoms with E-state index in [9.17, 15) is 0 Å². The van der Waals surface area contributed by atoms with Gasteiger partial charge in [-0.1, -0.05) is 139 Å². The zero-order chi connectivity index (χ0) is 30.0. The molecule has 0 amide bonds. The summed E-state index contributed by atoms with van der Waals surface area (Å²) in [6.07, 6.45) is 1.99. The highest BCUT2D eigenvalue weighted by molar-refractivity contribution is 8.25. The van der Waals surface area contributed by atoms with Crippen LogP contribution in [0.15, 0.2) is 158 Å². The number of pyridine rings is 2. The van der Waals surface area contributed by atoms with Crippen molar-refractivity contribution in [2.75, 3.05) is 0 Å². The number of aromatic nitrogens is 3. The van der Waals surface area contributed by atoms with Crippen molar-refractivity contribution in [2.24, 2.45) is 0 Å². The van der Waals surface area contributed by atoms with Gasteiger partial charge >= 0.3 is 0 Å². The van der Waals surface area contributed by atoms with Gasteiger partial charge in [0.15, 0.2) is 0 Å². The van der Waals surface area contributed by atoms with Crippen molar-refractivity contribution in [1.29, 1.82) is 0 Å². The molecule has 3 heterocycles. The smallest absolute Gasteiger partial charge is 0.146 e. The fourth-order valence-corrected chi connectivity index (χ4v) is 10.3. The predicted octanol–water partition coefficient (Wildman–Crippen LogP) is 8.76. The van der Waals surface area contributed by atoms with Gasteiger partial charge in [0.05, 0.1) is 28.0 Å². The maximum absolute atomic E-state index is 6.51. The lowest BCUT2D eigenvalue weighted by Gasteiger charge is -2.23. The first-order valence-electron chi connectivity index (χ1n) is 15.0. The van der Waals surface area contributed by atoms with Crippen LogP contribution in [0.5, 0.6) is 0 Å². The molecule has 3 nitrogen and oxygen atoms in total. The van der Waals surface area contributed by atoms with Crippen LogP contribution in [0.4, 0.5) is 0 Å². The van der Waals surface area contributed by atoms with E-state index in [4.69, 9.17) is 21.8 Å². The van der Waals surface area contributed by atoms with Gasteiger partial charge in [0.2, 0.25) is 0 Å². The van der Waals surface area contributed by atoms with E-state index in [0.717, 1.165) is 49.2 Å². The molecule has 0 aliphatic carbocycles. The van der Waals surface area contributed by atoms with Crippen LogP contribution in [-0.2, 0) is 11.8 Å². The Hall–Kier alpha value is -5.15. The standard InChI is InChI=1S/C40H26N3PS/c45-44(30-11-3-1-4-12-30,31-13-5-2-6-14-31)38-24-21-29(26-41-38)27-19-22-32-28(25-27)20-23-34-33-15-7-8-16-35(33)40-42-36-17-9-10-18-37(36)43(40)39(32)34/h1-26H. The number of benzene rings is 6. The predicted molar refractivity (Wildman–Crippen MR) is 195 cm³/mol. The van der Waals surface area contributed by atoms with E-state index in [1.807, 2.05) is 18.3 Å². The van der Waals surface area contributed by atoms with Gasteiger partial charge in [-0.05, 0) is 51.2 Å². The van der Waals surface area contributed by atoms with Crippen LogP contribution in [0.2, 0.25) is 0 Å². The lowest BCUT2D eigenvalue weighted by molar-refractivity contribution is 1.32. The van der Waals surface area contributed by atoms with Crippen molar-refractivity contribution >= 4 is 83.0 Å². The molecule has 5 heteroatoms. The third kappa shape index (κ3) is 4.00. The fourth-order valence-electron chi connectivity index (χ4n) is 6.73. The Balaban J connectivity index is 1.22. The summed E-state index contributed by atoms with van der Waals surface area (Å²) in [5.41, 5.74) is 7.44. The van der Waals surface area contributed by atoms with Crippen LogP contribution in [0.25, 0.3) is 60.3 Å². The van der Waals surface area contributed by atoms with E-state index < -0.39 is 6.04 Å². The Labute approximate surface area is 265 Å². The number of hydrogen-bond acceptors (Lipinski definition) is 3. The normalized spacial score (nSPS) is 12.1. The summed E-state index contributed by atoms with van der Waals surface area (Å²) in [6, 6.07) is 51.1. The summed E-state index contributed by atoms with van der Waals surface area (Å²) in [4.78, 5) is 10.1. The summed E-state index contributed by atoms with van der Waals surface area (Å²) < 4.78 is 2.34. The van der Waals surface area contributed by atoms with Gasteiger partial charge in [-0.25, -0.2) is 4.98 Å². The number of nitrogens with zero attached hydrogens (tertiary/aromatic N) is 3. The Kier molecular flexibility index (Phi) is 5.96. The van der Waals surface area contributed by atoms with E-state index in [1.54, 1.807) is 0 Å².